The number of hydrogen-bond donors (Lipinski definition) is 1. The minimum atomic E-state index is 0.658. The van der Waals surface area contributed by atoms with Crippen LogP contribution < -0.4 is 5.32 Å². The average molecular weight is 249 g/mol. The monoisotopic (exact) mass is 249 g/mol. The molecule has 2 fully saturated rings. The van der Waals surface area contributed by atoms with Crippen LogP contribution in [0.3, 0.4) is 0 Å². The lowest BCUT2D eigenvalue weighted by atomic mass is 9.86. The van der Waals surface area contributed by atoms with Crippen molar-refractivity contribution in [3.05, 3.63) is 22.4 Å². The predicted octanol–water partition coefficient (Wildman–Crippen LogP) is 4.37. The first kappa shape index (κ1) is 11.7. The van der Waals surface area contributed by atoms with Crippen molar-refractivity contribution in [1.82, 2.24) is 5.32 Å². The number of rotatable bonds is 4. The predicted molar refractivity (Wildman–Crippen MR) is 74.3 cm³/mol. The Morgan fingerprint density at radius 3 is 2.82 bits per heavy atom. The van der Waals surface area contributed by atoms with Gasteiger partial charge in [-0.05, 0) is 49.0 Å². The molecule has 1 heterocycles. The van der Waals surface area contributed by atoms with Crippen LogP contribution in [-0.4, -0.2) is 6.04 Å². The minimum absolute atomic E-state index is 0.658. The molecule has 2 aliphatic carbocycles. The molecule has 0 spiro atoms. The molecule has 17 heavy (non-hydrogen) atoms. The molecular weight excluding hydrogens is 226 g/mol. The van der Waals surface area contributed by atoms with Crippen molar-refractivity contribution in [3.8, 4) is 0 Å². The summed E-state index contributed by atoms with van der Waals surface area (Å²) in [5.74, 6) is 1.84. The molecule has 0 bridgehead atoms. The summed E-state index contributed by atoms with van der Waals surface area (Å²) in [6.45, 7) is 2.41. The zero-order valence-corrected chi connectivity index (χ0v) is 11.5. The van der Waals surface area contributed by atoms with E-state index in [2.05, 4.69) is 29.8 Å². The minimum Gasteiger partial charge on any atom is -0.306 e. The van der Waals surface area contributed by atoms with Gasteiger partial charge in [0.05, 0.1) is 0 Å². The summed E-state index contributed by atoms with van der Waals surface area (Å²) in [7, 11) is 0. The van der Waals surface area contributed by atoms with E-state index in [1.165, 1.54) is 38.5 Å². The van der Waals surface area contributed by atoms with Crippen LogP contribution in [0.25, 0.3) is 0 Å². The summed E-state index contributed by atoms with van der Waals surface area (Å²) in [6, 6.07) is 5.93. The Bertz CT molecular complexity index is 342. The Morgan fingerprint density at radius 1 is 1.29 bits per heavy atom. The van der Waals surface area contributed by atoms with Gasteiger partial charge in [-0.3, -0.25) is 0 Å². The van der Waals surface area contributed by atoms with E-state index in [4.69, 9.17) is 0 Å². The maximum absolute atomic E-state index is 3.96. The van der Waals surface area contributed by atoms with E-state index in [-0.39, 0.29) is 0 Å². The second-order valence-corrected chi connectivity index (χ2v) is 6.95. The molecule has 1 N–H and O–H groups in total. The van der Waals surface area contributed by atoms with Crippen LogP contribution >= 0.6 is 11.3 Å². The molecule has 1 aromatic rings. The second-order valence-electron chi connectivity index (χ2n) is 5.97. The average Bonchev–Trinajstić information content (AvgIpc) is 3.01. The van der Waals surface area contributed by atoms with E-state index in [1.54, 1.807) is 4.88 Å². The van der Waals surface area contributed by atoms with Crippen LogP contribution in [0.5, 0.6) is 0 Å². The number of thiophene rings is 1. The molecule has 2 saturated carbocycles. The molecule has 0 saturated heterocycles. The van der Waals surface area contributed by atoms with Gasteiger partial charge in [0, 0.05) is 17.0 Å². The maximum Gasteiger partial charge on any atom is 0.0445 e. The summed E-state index contributed by atoms with van der Waals surface area (Å²) < 4.78 is 0. The van der Waals surface area contributed by atoms with Crippen molar-refractivity contribution in [2.24, 2.45) is 11.8 Å². The van der Waals surface area contributed by atoms with Crippen molar-refractivity contribution in [1.29, 1.82) is 0 Å². The van der Waals surface area contributed by atoms with Gasteiger partial charge in [0.1, 0.15) is 0 Å². The van der Waals surface area contributed by atoms with Gasteiger partial charge in [0.15, 0.2) is 0 Å². The van der Waals surface area contributed by atoms with Gasteiger partial charge in [0.2, 0.25) is 0 Å². The first-order valence-electron chi connectivity index (χ1n) is 7.12. The summed E-state index contributed by atoms with van der Waals surface area (Å²) in [4.78, 5) is 1.56. The molecule has 0 aromatic carbocycles. The molecular formula is C15H23NS. The highest BCUT2D eigenvalue weighted by molar-refractivity contribution is 7.10. The van der Waals surface area contributed by atoms with Crippen LogP contribution in [0.1, 0.15) is 56.4 Å². The normalized spacial score (nSPS) is 31.4. The van der Waals surface area contributed by atoms with Gasteiger partial charge < -0.3 is 5.32 Å². The van der Waals surface area contributed by atoms with E-state index in [9.17, 15) is 0 Å². The standard InChI is InChI=1S/C15H23NS/c1-11-4-2-5-13(10-11)16-15(12-7-8-12)14-6-3-9-17-14/h3,6,9,11-13,15-16H,2,4-5,7-8,10H2,1H3. The molecule has 3 atom stereocenters. The second kappa shape index (κ2) is 5.11. The molecule has 2 aliphatic rings. The maximum atomic E-state index is 3.96. The van der Waals surface area contributed by atoms with Crippen molar-refractivity contribution >= 4 is 11.3 Å². The Kier molecular flexibility index (Phi) is 3.53. The molecule has 0 amide bonds. The van der Waals surface area contributed by atoms with E-state index in [0.717, 1.165) is 17.9 Å². The van der Waals surface area contributed by atoms with Crippen LogP contribution in [0.15, 0.2) is 17.5 Å². The third-order valence-electron chi connectivity index (χ3n) is 4.29. The molecule has 1 nitrogen and oxygen atoms in total. The first-order chi connectivity index (χ1) is 8.33. The van der Waals surface area contributed by atoms with E-state index in [1.807, 2.05) is 11.3 Å². The highest BCUT2D eigenvalue weighted by Crippen LogP contribution is 2.43. The zero-order valence-electron chi connectivity index (χ0n) is 10.7. The fraction of sp³-hybridized carbons (Fsp3) is 0.733. The topological polar surface area (TPSA) is 12.0 Å². The lowest BCUT2D eigenvalue weighted by Crippen LogP contribution is -2.37. The van der Waals surface area contributed by atoms with Gasteiger partial charge >= 0.3 is 0 Å². The van der Waals surface area contributed by atoms with Crippen molar-refractivity contribution < 1.29 is 0 Å². The third kappa shape index (κ3) is 2.92. The largest absolute Gasteiger partial charge is 0.306 e. The van der Waals surface area contributed by atoms with Crippen LogP contribution in [0.2, 0.25) is 0 Å². The Labute approximate surface area is 109 Å². The van der Waals surface area contributed by atoms with Gasteiger partial charge in [-0.1, -0.05) is 25.8 Å². The summed E-state index contributed by atoms with van der Waals surface area (Å²) in [6.07, 6.45) is 8.48. The van der Waals surface area contributed by atoms with Crippen LogP contribution in [-0.2, 0) is 0 Å². The lowest BCUT2D eigenvalue weighted by molar-refractivity contribution is 0.273. The Morgan fingerprint density at radius 2 is 2.18 bits per heavy atom. The van der Waals surface area contributed by atoms with Crippen molar-refractivity contribution in [3.63, 3.8) is 0 Å². The third-order valence-corrected chi connectivity index (χ3v) is 5.25. The SMILES string of the molecule is CC1CCCC(NC(c2cccs2)C2CC2)C1. The lowest BCUT2D eigenvalue weighted by Gasteiger charge is -2.31. The van der Waals surface area contributed by atoms with Crippen molar-refractivity contribution in [2.75, 3.05) is 0 Å². The van der Waals surface area contributed by atoms with E-state index >= 15 is 0 Å². The van der Waals surface area contributed by atoms with Crippen LogP contribution in [0, 0.1) is 11.8 Å². The number of nitrogens with one attached hydrogen (secondary N) is 1. The molecule has 2 heteroatoms. The molecule has 0 aliphatic heterocycles. The van der Waals surface area contributed by atoms with E-state index < -0.39 is 0 Å². The molecule has 3 rings (SSSR count). The van der Waals surface area contributed by atoms with Gasteiger partial charge in [-0.25, -0.2) is 0 Å². The summed E-state index contributed by atoms with van der Waals surface area (Å²) in [5.41, 5.74) is 0. The quantitative estimate of drug-likeness (QED) is 0.835. The Hall–Kier alpha value is -0.340. The first-order valence-corrected chi connectivity index (χ1v) is 8.00. The number of hydrogen-bond acceptors (Lipinski definition) is 2. The molecule has 3 unspecified atom stereocenters. The molecule has 94 valence electrons. The van der Waals surface area contributed by atoms with Gasteiger partial charge in [-0.15, -0.1) is 11.3 Å². The summed E-state index contributed by atoms with van der Waals surface area (Å²) >= 11 is 1.93. The Balaban J connectivity index is 1.64. The highest BCUT2D eigenvalue weighted by atomic mass is 32.1. The van der Waals surface area contributed by atoms with Crippen molar-refractivity contribution in [2.45, 2.75) is 57.5 Å². The van der Waals surface area contributed by atoms with E-state index in [0.29, 0.717) is 6.04 Å². The molecule has 1 aromatic heterocycles. The smallest absolute Gasteiger partial charge is 0.0445 e. The summed E-state index contributed by atoms with van der Waals surface area (Å²) in [5, 5.41) is 6.18. The van der Waals surface area contributed by atoms with Gasteiger partial charge in [-0.2, -0.15) is 0 Å². The molecule has 0 radical (unpaired) electrons. The zero-order chi connectivity index (χ0) is 11.7. The van der Waals surface area contributed by atoms with Gasteiger partial charge in [0.25, 0.3) is 0 Å². The van der Waals surface area contributed by atoms with Crippen LogP contribution in [0.4, 0.5) is 0 Å². The fourth-order valence-electron chi connectivity index (χ4n) is 3.19. The fourth-order valence-corrected chi connectivity index (χ4v) is 4.07. The highest BCUT2D eigenvalue weighted by Gasteiger charge is 2.34.